The summed E-state index contributed by atoms with van der Waals surface area (Å²) in [4.78, 5) is 15.4. The molecular formula is C32H30N4O2. The summed E-state index contributed by atoms with van der Waals surface area (Å²) >= 11 is 0. The van der Waals surface area contributed by atoms with E-state index in [1.165, 1.54) is 42.4 Å². The van der Waals surface area contributed by atoms with Crippen LogP contribution >= 0.6 is 0 Å². The number of likely N-dealkylation sites (tertiary alicyclic amines) is 1. The van der Waals surface area contributed by atoms with E-state index in [1.807, 2.05) is 60.7 Å². The van der Waals surface area contributed by atoms with Crippen molar-refractivity contribution in [3.05, 3.63) is 114 Å². The average molecular weight is 503 g/mol. The molecule has 0 aliphatic carbocycles. The fourth-order valence-corrected chi connectivity index (χ4v) is 5.03. The molecule has 1 saturated heterocycles. The van der Waals surface area contributed by atoms with Crippen molar-refractivity contribution in [2.24, 2.45) is 0 Å². The molecule has 0 bridgehead atoms. The van der Waals surface area contributed by atoms with E-state index in [0.717, 1.165) is 12.2 Å². The fourth-order valence-electron chi connectivity index (χ4n) is 5.03. The van der Waals surface area contributed by atoms with Gasteiger partial charge in [0, 0.05) is 40.8 Å². The van der Waals surface area contributed by atoms with Crippen LogP contribution in [0.3, 0.4) is 0 Å². The molecule has 6 heteroatoms. The second-order valence-electron chi connectivity index (χ2n) is 9.72. The maximum atomic E-state index is 12.9. The van der Waals surface area contributed by atoms with Gasteiger partial charge in [0.05, 0.1) is 5.52 Å². The minimum Gasteiger partial charge on any atom is -0.457 e. The molecule has 190 valence electrons. The molecule has 0 saturated carbocycles. The third kappa shape index (κ3) is 5.12. The Morgan fingerprint density at radius 3 is 2.18 bits per heavy atom. The third-order valence-corrected chi connectivity index (χ3v) is 7.02. The van der Waals surface area contributed by atoms with E-state index in [9.17, 15) is 4.79 Å². The minimum atomic E-state index is -0.157. The van der Waals surface area contributed by atoms with Gasteiger partial charge in [0.2, 0.25) is 0 Å². The molecule has 1 aliphatic heterocycles. The van der Waals surface area contributed by atoms with Gasteiger partial charge in [-0.25, -0.2) is 0 Å². The molecule has 1 amide bonds. The Kier molecular flexibility index (Phi) is 6.54. The number of nitrogens with one attached hydrogen (secondary N) is 1. The Balaban J connectivity index is 1.15. The number of nitrogen functional groups attached to an aromatic ring is 1. The van der Waals surface area contributed by atoms with Crippen LogP contribution in [-0.2, 0) is 6.54 Å². The maximum absolute atomic E-state index is 12.9. The van der Waals surface area contributed by atoms with Crippen molar-refractivity contribution < 1.29 is 9.53 Å². The zero-order chi connectivity index (χ0) is 25.9. The molecule has 0 radical (unpaired) electrons. The van der Waals surface area contributed by atoms with Crippen molar-refractivity contribution in [2.75, 3.05) is 24.1 Å². The number of benzene rings is 4. The molecule has 4 aromatic carbocycles. The van der Waals surface area contributed by atoms with E-state index >= 15 is 0 Å². The van der Waals surface area contributed by atoms with Gasteiger partial charge in [-0.2, -0.15) is 0 Å². The van der Waals surface area contributed by atoms with Gasteiger partial charge in [-0.15, -0.1) is 0 Å². The van der Waals surface area contributed by atoms with Crippen LogP contribution in [0.5, 0.6) is 11.5 Å². The predicted octanol–water partition coefficient (Wildman–Crippen LogP) is 6.85. The first kappa shape index (κ1) is 23.8. The maximum Gasteiger partial charge on any atom is 0.255 e. The number of para-hydroxylation sites is 1. The van der Waals surface area contributed by atoms with Crippen LogP contribution in [0.1, 0.15) is 28.8 Å². The Morgan fingerprint density at radius 1 is 0.816 bits per heavy atom. The van der Waals surface area contributed by atoms with Gasteiger partial charge in [0.1, 0.15) is 11.5 Å². The summed E-state index contributed by atoms with van der Waals surface area (Å²) in [6, 6.07) is 30.8. The van der Waals surface area contributed by atoms with Gasteiger partial charge in [-0.1, -0.05) is 18.2 Å². The highest BCUT2D eigenvalue weighted by Crippen LogP contribution is 2.28. The number of aromatic nitrogens is 1. The molecule has 3 N–H and O–H groups in total. The van der Waals surface area contributed by atoms with Gasteiger partial charge < -0.3 is 20.4 Å². The van der Waals surface area contributed by atoms with Crippen LogP contribution in [0, 0.1) is 0 Å². The summed E-state index contributed by atoms with van der Waals surface area (Å²) in [5.41, 5.74) is 11.3. The summed E-state index contributed by atoms with van der Waals surface area (Å²) in [6.45, 7) is 3.31. The first-order valence-electron chi connectivity index (χ1n) is 13.0. The number of hydrogen-bond donors (Lipinski definition) is 2. The van der Waals surface area contributed by atoms with E-state index in [2.05, 4.69) is 45.2 Å². The second-order valence-corrected chi connectivity index (χ2v) is 9.72. The van der Waals surface area contributed by atoms with Crippen molar-refractivity contribution in [1.29, 1.82) is 0 Å². The molecule has 6 nitrogen and oxygen atoms in total. The van der Waals surface area contributed by atoms with Crippen molar-refractivity contribution in [1.82, 2.24) is 9.47 Å². The molecular weight excluding hydrogens is 472 g/mol. The molecule has 38 heavy (non-hydrogen) atoms. The topological polar surface area (TPSA) is 72.5 Å². The number of anilines is 2. The lowest BCUT2D eigenvalue weighted by Crippen LogP contribution is -2.18. The number of nitrogens with two attached hydrogens (primary N) is 1. The lowest BCUT2D eigenvalue weighted by Gasteiger charge is -2.13. The lowest BCUT2D eigenvalue weighted by atomic mass is 10.1. The smallest absolute Gasteiger partial charge is 0.255 e. The molecule has 1 fully saturated rings. The van der Waals surface area contributed by atoms with Crippen LogP contribution in [0.25, 0.3) is 16.6 Å². The molecule has 2 heterocycles. The third-order valence-electron chi connectivity index (χ3n) is 7.02. The number of fused-ring (bicyclic) bond motifs is 1. The van der Waals surface area contributed by atoms with Gasteiger partial charge in [0.15, 0.2) is 0 Å². The minimum absolute atomic E-state index is 0.157. The van der Waals surface area contributed by atoms with Crippen LogP contribution in [0.4, 0.5) is 11.4 Å². The zero-order valence-corrected chi connectivity index (χ0v) is 21.1. The normalized spacial score (nSPS) is 13.6. The molecule has 0 spiro atoms. The van der Waals surface area contributed by atoms with E-state index in [0.29, 0.717) is 28.4 Å². The summed E-state index contributed by atoms with van der Waals surface area (Å²) in [7, 11) is 0. The predicted molar refractivity (Wildman–Crippen MR) is 153 cm³/mol. The molecule has 0 unspecified atom stereocenters. The van der Waals surface area contributed by atoms with E-state index in [1.54, 1.807) is 12.1 Å². The fraction of sp³-hybridized carbons (Fsp3) is 0.156. The quantitative estimate of drug-likeness (QED) is 0.239. The Morgan fingerprint density at radius 2 is 1.47 bits per heavy atom. The van der Waals surface area contributed by atoms with Gasteiger partial charge in [0.25, 0.3) is 5.91 Å². The van der Waals surface area contributed by atoms with Crippen LogP contribution < -0.4 is 15.8 Å². The first-order chi connectivity index (χ1) is 18.6. The number of amides is 1. The van der Waals surface area contributed by atoms with Crippen molar-refractivity contribution in [3.63, 3.8) is 0 Å². The summed E-state index contributed by atoms with van der Waals surface area (Å²) in [6.07, 6.45) is 4.81. The monoisotopic (exact) mass is 502 g/mol. The van der Waals surface area contributed by atoms with Crippen LogP contribution in [0.15, 0.2) is 103 Å². The number of nitrogens with zero attached hydrogens (tertiary/aromatic N) is 2. The molecule has 0 atom stereocenters. The van der Waals surface area contributed by atoms with Crippen molar-refractivity contribution in [3.8, 4) is 17.2 Å². The summed E-state index contributed by atoms with van der Waals surface area (Å²) in [5, 5.41) is 4.25. The molecule has 1 aliphatic rings. The SMILES string of the molecule is Nc1ccc(Oc2ccc(NC(=O)c3ccc(-n4cc(CN5CCCC5)c5ccccc54)cc3)cc2)cc1. The highest BCUT2D eigenvalue weighted by Gasteiger charge is 2.16. The summed E-state index contributed by atoms with van der Waals surface area (Å²) < 4.78 is 8.05. The zero-order valence-electron chi connectivity index (χ0n) is 21.1. The van der Waals surface area contributed by atoms with Gasteiger partial charge in [-0.05, 0) is 110 Å². The highest BCUT2D eigenvalue weighted by molar-refractivity contribution is 6.04. The van der Waals surface area contributed by atoms with Crippen molar-refractivity contribution >= 4 is 28.2 Å². The number of rotatable bonds is 7. The lowest BCUT2D eigenvalue weighted by molar-refractivity contribution is 0.102. The Bertz CT molecular complexity index is 1550. The van der Waals surface area contributed by atoms with Crippen LogP contribution in [0.2, 0.25) is 0 Å². The number of carbonyl (C=O) groups is 1. The van der Waals surface area contributed by atoms with E-state index in [-0.39, 0.29) is 5.91 Å². The van der Waals surface area contributed by atoms with Crippen LogP contribution in [-0.4, -0.2) is 28.5 Å². The Hall–Kier alpha value is -4.55. The summed E-state index contributed by atoms with van der Waals surface area (Å²) in [5.74, 6) is 1.23. The largest absolute Gasteiger partial charge is 0.457 e. The second kappa shape index (κ2) is 10.4. The highest BCUT2D eigenvalue weighted by atomic mass is 16.5. The first-order valence-corrected chi connectivity index (χ1v) is 13.0. The molecule has 6 rings (SSSR count). The van der Waals surface area contributed by atoms with Gasteiger partial charge >= 0.3 is 0 Å². The number of hydrogen-bond acceptors (Lipinski definition) is 4. The molecule has 1 aromatic heterocycles. The van der Waals surface area contributed by atoms with E-state index < -0.39 is 0 Å². The van der Waals surface area contributed by atoms with Crippen molar-refractivity contribution in [2.45, 2.75) is 19.4 Å². The molecule has 5 aromatic rings. The number of carbonyl (C=O) groups excluding carboxylic acids is 1. The number of ether oxygens (including phenoxy) is 1. The van der Waals surface area contributed by atoms with E-state index in [4.69, 9.17) is 10.5 Å². The standard InChI is InChI=1S/C32H30N4O2/c33-25-9-15-28(16-10-25)38-29-17-11-26(12-18-29)34-32(37)23-7-13-27(14-8-23)36-22-24(21-35-19-3-4-20-35)30-5-1-2-6-31(30)36/h1-2,5-18,22H,3-4,19-21,33H2,(H,34,37). The van der Waals surface area contributed by atoms with Gasteiger partial charge in [-0.3, -0.25) is 9.69 Å². The average Bonchev–Trinajstić information content (AvgIpc) is 3.60. The Labute approximate surface area is 222 Å².